The van der Waals surface area contributed by atoms with E-state index in [9.17, 15) is 4.79 Å². The summed E-state index contributed by atoms with van der Waals surface area (Å²) >= 11 is 5.63. The normalized spacial score (nSPS) is 12.2. The first-order chi connectivity index (χ1) is 7.61. The molecule has 1 amide bonds. The van der Waals surface area contributed by atoms with Gasteiger partial charge in [-0.05, 0) is 13.3 Å². The molecule has 0 bridgehead atoms. The van der Waals surface area contributed by atoms with Crippen molar-refractivity contribution in [3.63, 3.8) is 0 Å². The number of carbonyl (C=O) groups excluding carboxylic acids is 1. The maximum atomic E-state index is 11.5. The van der Waals surface area contributed by atoms with Gasteiger partial charge in [-0.3, -0.25) is 9.78 Å². The number of amides is 1. The van der Waals surface area contributed by atoms with Crippen LogP contribution in [0.25, 0.3) is 0 Å². The molecule has 0 saturated heterocycles. The number of hydrogen-bond acceptors (Lipinski definition) is 4. The Kier molecular flexibility index (Phi) is 5.14. The van der Waals surface area contributed by atoms with Crippen molar-refractivity contribution in [3.05, 3.63) is 17.5 Å². The Morgan fingerprint density at radius 2 is 2.38 bits per heavy atom. The topological polar surface area (TPSA) is 64.1 Å². The molecule has 5 nitrogen and oxygen atoms in total. The molecule has 0 aliphatic rings. The molecule has 0 spiro atoms. The van der Waals surface area contributed by atoms with Crippen LogP contribution in [0.5, 0.6) is 0 Å². The summed E-state index contributed by atoms with van der Waals surface area (Å²) in [7, 11) is 1.62. The van der Waals surface area contributed by atoms with E-state index >= 15 is 0 Å². The van der Waals surface area contributed by atoms with Crippen LogP contribution >= 0.6 is 11.6 Å². The maximum absolute atomic E-state index is 11.5. The average molecular weight is 244 g/mol. The van der Waals surface area contributed by atoms with E-state index in [2.05, 4.69) is 15.3 Å². The Bertz CT molecular complexity index is 360. The Labute approximate surface area is 99.2 Å². The number of anilines is 1. The van der Waals surface area contributed by atoms with Crippen LogP contribution < -0.4 is 5.32 Å². The van der Waals surface area contributed by atoms with Gasteiger partial charge in [0, 0.05) is 13.5 Å². The van der Waals surface area contributed by atoms with E-state index in [1.165, 1.54) is 12.4 Å². The van der Waals surface area contributed by atoms with Gasteiger partial charge < -0.3 is 10.1 Å². The third-order valence-electron chi connectivity index (χ3n) is 2.05. The molecule has 1 atom stereocenters. The summed E-state index contributed by atoms with van der Waals surface area (Å²) in [6.07, 6.45) is 3.96. The lowest BCUT2D eigenvalue weighted by molar-refractivity contribution is -0.116. The minimum absolute atomic E-state index is 0.0659. The summed E-state index contributed by atoms with van der Waals surface area (Å²) < 4.78 is 5.04. The molecule has 16 heavy (non-hydrogen) atoms. The molecule has 88 valence electrons. The quantitative estimate of drug-likeness (QED) is 0.858. The van der Waals surface area contributed by atoms with Gasteiger partial charge in [-0.2, -0.15) is 0 Å². The highest BCUT2D eigenvalue weighted by molar-refractivity contribution is 6.29. The molecule has 0 aliphatic heterocycles. The van der Waals surface area contributed by atoms with Crippen molar-refractivity contribution in [2.45, 2.75) is 25.9 Å². The highest BCUT2D eigenvalue weighted by Gasteiger charge is 2.07. The third-order valence-corrected chi connectivity index (χ3v) is 2.24. The number of nitrogens with zero attached hydrogens (tertiary/aromatic N) is 2. The standard InChI is InChI=1S/C10H14ClN3O2/c1-7(16-2)3-4-10(15)14-9-6-12-5-8(11)13-9/h5-7H,3-4H2,1-2H3,(H,13,14,15). The van der Waals surface area contributed by atoms with Gasteiger partial charge in [-0.25, -0.2) is 4.98 Å². The second-order valence-electron chi connectivity index (χ2n) is 3.36. The number of halogens is 1. The SMILES string of the molecule is COC(C)CCC(=O)Nc1cncc(Cl)n1. The molecule has 0 aliphatic carbocycles. The molecule has 1 aromatic heterocycles. The van der Waals surface area contributed by atoms with Gasteiger partial charge in [0.25, 0.3) is 0 Å². The number of ether oxygens (including phenoxy) is 1. The monoisotopic (exact) mass is 243 g/mol. The zero-order chi connectivity index (χ0) is 12.0. The Morgan fingerprint density at radius 1 is 1.62 bits per heavy atom. The number of carbonyl (C=O) groups is 1. The van der Waals surface area contributed by atoms with Crippen LogP contribution in [-0.2, 0) is 9.53 Å². The van der Waals surface area contributed by atoms with Crippen molar-refractivity contribution in [2.24, 2.45) is 0 Å². The molecule has 1 heterocycles. The number of hydrogen-bond donors (Lipinski definition) is 1. The predicted molar refractivity (Wildman–Crippen MR) is 61.4 cm³/mol. The largest absolute Gasteiger partial charge is 0.382 e. The van der Waals surface area contributed by atoms with E-state index in [0.29, 0.717) is 18.7 Å². The lowest BCUT2D eigenvalue weighted by Gasteiger charge is -2.08. The molecule has 1 unspecified atom stereocenters. The highest BCUT2D eigenvalue weighted by Crippen LogP contribution is 2.08. The summed E-state index contributed by atoms with van der Waals surface area (Å²) in [5.74, 6) is 0.239. The molecule has 1 N–H and O–H groups in total. The van der Waals surface area contributed by atoms with Crippen LogP contribution in [0, 0.1) is 0 Å². The fourth-order valence-corrected chi connectivity index (χ4v) is 1.21. The van der Waals surface area contributed by atoms with Gasteiger partial charge in [-0.1, -0.05) is 11.6 Å². The van der Waals surface area contributed by atoms with Gasteiger partial charge in [0.2, 0.25) is 5.91 Å². The number of aromatic nitrogens is 2. The van der Waals surface area contributed by atoms with Gasteiger partial charge in [0.15, 0.2) is 5.82 Å². The van der Waals surface area contributed by atoms with Gasteiger partial charge in [0.05, 0.1) is 18.5 Å². The molecule has 0 aromatic carbocycles. The number of nitrogens with one attached hydrogen (secondary N) is 1. The molecular formula is C10H14ClN3O2. The van der Waals surface area contributed by atoms with Crippen molar-refractivity contribution in [1.82, 2.24) is 9.97 Å². The van der Waals surface area contributed by atoms with E-state index in [0.717, 1.165) is 0 Å². The van der Waals surface area contributed by atoms with Gasteiger partial charge in [0.1, 0.15) is 5.15 Å². The second kappa shape index (κ2) is 6.40. The van der Waals surface area contributed by atoms with E-state index in [4.69, 9.17) is 16.3 Å². The summed E-state index contributed by atoms with van der Waals surface area (Å²) in [6.45, 7) is 1.91. The lowest BCUT2D eigenvalue weighted by atomic mass is 10.2. The van der Waals surface area contributed by atoms with E-state index < -0.39 is 0 Å². The predicted octanol–water partition coefficient (Wildman–Crippen LogP) is 1.88. The molecule has 0 saturated carbocycles. The van der Waals surface area contributed by atoms with Crippen molar-refractivity contribution >= 4 is 23.3 Å². The Morgan fingerprint density at radius 3 is 3.00 bits per heavy atom. The minimum atomic E-state index is -0.125. The van der Waals surface area contributed by atoms with Crippen molar-refractivity contribution < 1.29 is 9.53 Å². The van der Waals surface area contributed by atoms with Crippen LogP contribution in [0.1, 0.15) is 19.8 Å². The van der Waals surface area contributed by atoms with Crippen LogP contribution in [-0.4, -0.2) is 29.1 Å². The number of methoxy groups -OCH3 is 1. The first kappa shape index (κ1) is 12.9. The molecular weight excluding hydrogens is 230 g/mol. The summed E-state index contributed by atoms with van der Waals surface area (Å²) in [5.41, 5.74) is 0. The Hall–Kier alpha value is -1.20. The van der Waals surface area contributed by atoms with Crippen LogP contribution in [0.4, 0.5) is 5.82 Å². The second-order valence-corrected chi connectivity index (χ2v) is 3.75. The molecule has 1 rings (SSSR count). The van der Waals surface area contributed by atoms with E-state index in [1.54, 1.807) is 7.11 Å². The minimum Gasteiger partial charge on any atom is -0.382 e. The third kappa shape index (κ3) is 4.55. The summed E-state index contributed by atoms with van der Waals surface area (Å²) in [5, 5.41) is 2.86. The smallest absolute Gasteiger partial charge is 0.225 e. The van der Waals surface area contributed by atoms with Crippen LogP contribution in [0.2, 0.25) is 5.15 Å². The zero-order valence-corrected chi connectivity index (χ0v) is 9.99. The number of rotatable bonds is 5. The fraction of sp³-hybridized carbons (Fsp3) is 0.500. The van der Waals surface area contributed by atoms with E-state index in [1.807, 2.05) is 6.92 Å². The van der Waals surface area contributed by atoms with Crippen molar-refractivity contribution in [2.75, 3.05) is 12.4 Å². The fourth-order valence-electron chi connectivity index (χ4n) is 1.06. The molecule has 0 radical (unpaired) electrons. The van der Waals surface area contributed by atoms with E-state index in [-0.39, 0.29) is 17.2 Å². The van der Waals surface area contributed by atoms with Crippen molar-refractivity contribution in [3.8, 4) is 0 Å². The average Bonchev–Trinajstić information content (AvgIpc) is 2.26. The first-order valence-corrected chi connectivity index (χ1v) is 5.30. The maximum Gasteiger partial charge on any atom is 0.225 e. The summed E-state index contributed by atoms with van der Waals surface area (Å²) in [6, 6.07) is 0. The summed E-state index contributed by atoms with van der Waals surface area (Å²) in [4.78, 5) is 19.2. The van der Waals surface area contributed by atoms with Crippen LogP contribution in [0.3, 0.4) is 0 Å². The van der Waals surface area contributed by atoms with Crippen LogP contribution in [0.15, 0.2) is 12.4 Å². The zero-order valence-electron chi connectivity index (χ0n) is 9.24. The Balaban J connectivity index is 2.40. The van der Waals surface area contributed by atoms with Gasteiger partial charge in [-0.15, -0.1) is 0 Å². The molecule has 6 heteroatoms. The molecule has 0 fully saturated rings. The molecule has 1 aromatic rings. The highest BCUT2D eigenvalue weighted by atomic mass is 35.5. The van der Waals surface area contributed by atoms with Gasteiger partial charge >= 0.3 is 0 Å². The van der Waals surface area contributed by atoms with Crippen molar-refractivity contribution in [1.29, 1.82) is 0 Å². The lowest BCUT2D eigenvalue weighted by Crippen LogP contribution is -2.15. The first-order valence-electron chi connectivity index (χ1n) is 4.92.